The lowest BCUT2D eigenvalue weighted by Gasteiger charge is -2.46. The Morgan fingerprint density at radius 3 is 2.43 bits per heavy atom. The number of benzene rings is 1. The van der Waals surface area contributed by atoms with Gasteiger partial charge in [-0.05, 0) is 19.1 Å². The van der Waals surface area contributed by atoms with Gasteiger partial charge in [0.2, 0.25) is 0 Å². The number of carboxylic acids is 1. The van der Waals surface area contributed by atoms with Gasteiger partial charge in [-0.15, -0.1) is 0 Å². The van der Waals surface area contributed by atoms with Crippen LogP contribution < -0.4 is 5.32 Å². The van der Waals surface area contributed by atoms with E-state index in [0.29, 0.717) is 6.07 Å². The molecule has 2 rings (SSSR count). The number of ether oxygens (including phenoxy) is 1. The van der Waals surface area contributed by atoms with Crippen LogP contribution in [0.15, 0.2) is 18.2 Å². The maximum absolute atomic E-state index is 13.0. The Bertz CT molecular complexity index is 553. The van der Waals surface area contributed by atoms with E-state index in [0.717, 1.165) is 12.1 Å². The smallest absolute Gasteiger partial charge is 0.329 e. The van der Waals surface area contributed by atoms with Gasteiger partial charge in [-0.3, -0.25) is 0 Å². The quantitative estimate of drug-likeness (QED) is 0.886. The number of aliphatic carboxylic acids is 1. The summed E-state index contributed by atoms with van der Waals surface area (Å²) >= 11 is 0. The van der Waals surface area contributed by atoms with Crippen LogP contribution in [-0.2, 0) is 9.53 Å². The lowest BCUT2D eigenvalue weighted by Crippen LogP contribution is -2.64. The minimum Gasteiger partial charge on any atom is -0.480 e. The molecule has 1 aliphatic heterocycles. The predicted molar refractivity (Wildman–Crippen MR) is 68.9 cm³/mol. The fourth-order valence-electron chi connectivity index (χ4n) is 2.06. The molecule has 1 aliphatic rings. The van der Waals surface area contributed by atoms with Crippen LogP contribution in [0.5, 0.6) is 0 Å². The summed E-state index contributed by atoms with van der Waals surface area (Å²) in [5.41, 5.74) is -0.708. The number of carboxylic acid groups (broad SMARTS) is 1. The molecule has 2 N–H and O–H groups in total. The highest BCUT2D eigenvalue weighted by Gasteiger charge is 2.42. The number of urea groups is 1. The Hall–Kier alpha value is -2.22. The number of likely N-dealkylation sites (tertiary alicyclic amines) is 1. The summed E-state index contributed by atoms with van der Waals surface area (Å²) in [5.74, 6) is -2.67. The minimum atomic E-state index is -1.09. The van der Waals surface area contributed by atoms with E-state index >= 15 is 0 Å². The number of nitrogens with zero attached hydrogens (tertiary/aromatic N) is 1. The minimum absolute atomic E-state index is 0.0116. The molecule has 1 aromatic rings. The van der Waals surface area contributed by atoms with Crippen LogP contribution in [0.3, 0.4) is 0 Å². The Morgan fingerprint density at radius 2 is 1.90 bits per heavy atom. The largest absolute Gasteiger partial charge is 0.480 e. The molecule has 0 aromatic heterocycles. The van der Waals surface area contributed by atoms with Crippen LogP contribution in [0, 0.1) is 11.6 Å². The molecule has 1 heterocycles. The molecule has 1 fully saturated rings. The van der Waals surface area contributed by atoms with Crippen LogP contribution in [0.1, 0.15) is 6.92 Å². The maximum Gasteiger partial charge on any atom is 0.329 e. The van der Waals surface area contributed by atoms with Gasteiger partial charge in [0.1, 0.15) is 23.8 Å². The maximum atomic E-state index is 13.0. The lowest BCUT2D eigenvalue weighted by molar-refractivity contribution is -0.159. The predicted octanol–water partition coefficient (Wildman–Crippen LogP) is 1.67. The molecule has 8 heteroatoms. The van der Waals surface area contributed by atoms with Crippen molar-refractivity contribution in [2.24, 2.45) is 0 Å². The normalized spacial score (nSPS) is 16.2. The topological polar surface area (TPSA) is 78.9 Å². The van der Waals surface area contributed by atoms with Gasteiger partial charge in [0.05, 0.1) is 13.1 Å². The monoisotopic (exact) mass is 300 g/mol. The number of carbonyl (C=O) groups excluding carboxylic acids is 1. The molecule has 2 amide bonds. The molecule has 0 aliphatic carbocycles. The van der Waals surface area contributed by atoms with Crippen LogP contribution in [0.25, 0.3) is 0 Å². The van der Waals surface area contributed by atoms with Crippen molar-refractivity contribution in [2.45, 2.75) is 12.5 Å². The molecule has 0 bridgehead atoms. The number of nitrogens with one attached hydrogen (secondary N) is 1. The number of amides is 2. The van der Waals surface area contributed by atoms with Crippen molar-refractivity contribution in [1.29, 1.82) is 0 Å². The first-order valence-electron chi connectivity index (χ1n) is 6.15. The van der Waals surface area contributed by atoms with Gasteiger partial charge in [0.15, 0.2) is 0 Å². The Balaban J connectivity index is 1.87. The molecule has 0 atom stereocenters. The number of anilines is 1. The number of hydrogen-bond acceptors (Lipinski definition) is 3. The van der Waals surface area contributed by atoms with E-state index in [1.54, 1.807) is 6.92 Å². The number of halogens is 2. The van der Waals surface area contributed by atoms with Gasteiger partial charge < -0.3 is 20.1 Å². The summed E-state index contributed by atoms with van der Waals surface area (Å²) in [4.78, 5) is 23.6. The van der Waals surface area contributed by atoms with E-state index < -0.39 is 35.8 Å². The van der Waals surface area contributed by atoms with Crippen molar-refractivity contribution in [3.63, 3.8) is 0 Å². The van der Waals surface area contributed by atoms with E-state index in [2.05, 4.69) is 5.32 Å². The summed E-state index contributed by atoms with van der Waals surface area (Å²) in [6.07, 6.45) is 0. The van der Waals surface area contributed by atoms with Crippen molar-refractivity contribution < 1.29 is 28.2 Å². The fourth-order valence-corrected chi connectivity index (χ4v) is 2.06. The lowest BCUT2D eigenvalue weighted by atomic mass is 9.97. The van der Waals surface area contributed by atoms with Crippen molar-refractivity contribution in [2.75, 3.05) is 25.0 Å². The van der Waals surface area contributed by atoms with Gasteiger partial charge in [0, 0.05) is 11.8 Å². The summed E-state index contributed by atoms with van der Waals surface area (Å²) in [5, 5.41) is 10.9. The van der Waals surface area contributed by atoms with Crippen molar-refractivity contribution in [1.82, 2.24) is 4.90 Å². The molecule has 114 valence electrons. The Morgan fingerprint density at radius 1 is 1.33 bits per heavy atom. The second-order valence-corrected chi connectivity index (χ2v) is 5.08. The second-order valence-electron chi connectivity index (χ2n) is 5.08. The molecular weight excluding hydrogens is 286 g/mol. The molecule has 0 radical (unpaired) electrons. The average Bonchev–Trinajstić information content (AvgIpc) is 2.31. The van der Waals surface area contributed by atoms with Crippen LogP contribution in [0.2, 0.25) is 0 Å². The number of hydrogen-bond donors (Lipinski definition) is 2. The second kappa shape index (κ2) is 5.65. The van der Waals surface area contributed by atoms with Crippen molar-refractivity contribution >= 4 is 17.7 Å². The zero-order chi connectivity index (χ0) is 15.6. The SMILES string of the molecule is CC1(OCC(=O)O)CN(C(=O)Nc2cc(F)cc(F)c2)C1. The first-order valence-corrected chi connectivity index (χ1v) is 6.15. The fraction of sp³-hybridized carbons (Fsp3) is 0.385. The highest BCUT2D eigenvalue weighted by Crippen LogP contribution is 2.25. The third-order valence-corrected chi connectivity index (χ3v) is 3.00. The van der Waals surface area contributed by atoms with Crippen molar-refractivity contribution in [3.8, 4) is 0 Å². The van der Waals surface area contributed by atoms with Crippen LogP contribution in [0.4, 0.5) is 19.3 Å². The Labute approximate surface area is 119 Å². The summed E-state index contributed by atoms with van der Waals surface area (Å²) in [6.45, 7) is 1.64. The van der Waals surface area contributed by atoms with Gasteiger partial charge in [0.25, 0.3) is 0 Å². The van der Waals surface area contributed by atoms with Gasteiger partial charge >= 0.3 is 12.0 Å². The highest BCUT2D eigenvalue weighted by atomic mass is 19.1. The standard InChI is InChI=1S/C13H14F2N2O4/c1-13(21-5-11(18)19)6-17(7-13)12(20)16-10-3-8(14)2-9(15)4-10/h2-4H,5-7H2,1H3,(H,16,20)(H,18,19). The molecule has 1 saturated heterocycles. The first kappa shape index (κ1) is 15.2. The zero-order valence-corrected chi connectivity index (χ0v) is 11.2. The molecule has 6 nitrogen and oxygen atoms in total. The molecular formula is C13H14F2N2O4. The average molecular weight is 300 g/mol. The van der Waals surface area contributed by atoms with E-state index in [1.165, 1.54) is 4.90 Å². The zero-order valence-electron chi connectivity index (χ0n) is 11.2. The van der Waals surface area contributed by atoms with Crippen molar-refractivity contribution in [3.05, 3.63) is 29.8 Å². The highest BCUT2D eigenvalue weighted by molar-refractivity contribution is 5.90. The molecule has 0 spiro atoms. The summed E-state index contributed by atoms with van der Waals surface area (Å²) in [6, 6.07) is 2.18. The molecule has 21 heavy (non-hydrogen) atoms. The van der Waals surface area contributed by atoms with E-state index in [1.807, 2.05) is 0 Å². The van der Waals surface area contributed by atoms with Gasteiger partial charge in [-0.25, -0.2) is 18.4 Å². The third kappa shape index (κ3) is 3.88. The molecule has 1 aromatic carbocycles. The third-order valence-electron chi connectivity index (χ3n) is 3.00. The van der Waals surface area contributed by atoms with E-state index in [9.17, 15) is 18.4 Å². The van der Waals surface area contributed by atoms with E-state index in [-0.39, 0.29) is 18.8 Å². The Kier molecular flexibility index (Phi) is 4.08. The summed E-state index contributed by atoms with van der Waals surface area (Å²) in [7, 11) is 0. The first-order chi connectivity index (χ1) is 9.77. The van der Waals surface area contributed by atoms with Gasteiger partial charge in [-0.1, -0.05) is 0 Å². The molecule has 0 saturated carbocycles. The van der Waals surface area contributed by atoms with Crippen LogP contribution >= 0.6 is 0 Å². The van der Waals surface area contributed by atoms with Crippen LogP contribution in [-0.4, -0.2) is 47.3 Å². The number of carbonyl (C=O) groups is 2. The van der Waals surface area contributed by atoms with E-state index in [4.69, 9.17) is 9.84 Å². The number of rotatable bonds is 4. The molecule has 0 unspecified atom stereocenters. The van der Waals surface area contributed by atoms with Gasteiger partial charge in [-0.2, -0.15) is 0 Å². The summed E-state index contributed by atoms with van der Waals surface area (Å²) < 4.78 is 31.1.